The lowest BCUT2D eigenvalue weighted by Crippen LogP contribution is -2.28. The minimum atomic E-state index is 0.0497. The fraction of sp³-hybridized carbons (Fsp3) is 0.481. The van der Waals surface area contributed by atoms with Crippen molar-refractivity contribution in [2.75, 3.05) is 13.2 Å². The van der Waals surface area contributed by atoms with E-state index in [1.54, 1.807) is 0 Å². The highest BCUT2D eigenvalue weighted by Gasteiger charge is 2.11. The molecule has 0 aliphatic rings. The van der Waals surface area contributed by atoms with Gasteiger partial charge in [0, 0.05) is 25.4 Å². The zero-order valence-corrected chi connectivity index (χ0v) is 20.0. The average molecular weight is 436 g/mol. The number of amides is 1. The van der Waals surface area contributed by atoms with Crippen LogP contribution < -0.4 is 10.1 Å². The number of imidazole rings is 1. The molecule has 0 atom stereocenters. The summed E-state index contributed by atoms with van der Waals surface area (Å²) in [6.45, 7) is 10.4. The van der Waals surface area contributed by atoms with Gasteiger partial charge >= 0.3 is 0 Å². The number of carbonyl (C=O) groups excluding carboxylic acids is 1. The molecule has 0 radical (unpaired) electrons. The Hall–Kier alpha value is -2.82. The van der Waals surface area contributed by atoms with Crippen LogP contribution in [0.25, 0.3) is 11.0 Å². The summed E-state index contributed by atoms with van der Waals surface area (Å²) in [6.07, 6.45) is 5.03. The quantitative estimate of drug-likeness (QED) is 0.376. The van der Waals surface area contributed by atoms with E-state index in [1.165, 1.54) is 16.6 Å². The molecule has 0 bridgehead atoms. The SMILES string of the molecule is Cc1cccc(OCCCn2c(CCCCCNC(=O)C(C)C)nc3ccccc32)c1C. The van der Waals surface area contributed by atoms with Crippen molar-refractivity contribution in [2.24, 2.45) is 5.92 Å². The molecule has 0 spiro atoms. The van der Waals surface area contributed by atoms with Crippen molar-refractivity contribution in [3.05, 3.63) is 59.4 Å². The van der Waals surface area contributed by atoms with Gasteiger partial charge in [-0.05, 0) is 62.4 Å². The van der Waals surface area contributed by atoms with E-state index < -0.39 is 0 Å². The third kappa shape index (κ3) is 6.35. The van der Waals surface area contributed by atoms with Crippen LogP contribution >= 0.6 is 0 Å². The molecule has 5 nitrogen and oxygen atoms in total. The van der Waals surface area contributed by atoms with E-state index in [2.05, 4.69) is 48.0 Å². The number of nitrogens with one attached hydrogen (secondary N) is 1. The van der Waals surface area contributed by atoms with E-state index in [0.717, 1.165) is 62.3 Å². The standard InChI is InChI=1S/C27H37N3O2/c1-20(2)27(31)28-17-9-5-6-16-26-29-23-13-7-8-14-24(23)30(26)18-11-19-32-25-15-10-12-21(3)22(25)4/h7-8,10,12-15,20H,5-6,9,11,16-19H2,1-4H3,(H,28,31). The number of ether oxygens (including phenoxy) is 1. The highest BCUT2D eigenvalue weighted by molar-refractivity contribution is 5.77. The number of aryl methyl sites for hydroxylation is 3. The van der Waals surface area contributed by atoms with Gasteiger partial charge in [-0.2, -0.15) is 0 Å². The molecule has 0 saturated carbocycles. The Morgan fingerprint density at radius 2 is 1.84 bits per heavy atom. The summed E-state index contributed by atoms with van der Waals surface area (Å²) in [4.78, 5) is 16.6. The van der Waals surface area contributed by atoms with Gasteiger partial charge in [0.1, 0.15) is 11.6 Å². The summed E-state index contributed by atoms with van der Waals surface area (Å²) in [6, 6.07) is 14.6. The number of nitrogens with zero attached hydrogens (tertiary/aromatic N) is 2. The van der Waals surface area contributed by atoms with Crippen LogP contribution in [0.3, 0.4) is 0 Å². The molecule has 2 aromatic carbocycles. The number of fused-ring (bicyclic) bond motifs is 1. The summed E-state index contributed by atoms with van der Waals surface area (Å²) < 4.78 is 8.41. The van der Waals surface area contributed by atoms with Crippen LogP contribution in [0.4, 0.5) is 0 Å². The molecule has 1 amide bonds. The van der Waals surface area contributed by atoms with Crippen LogP contribution in [0.15, 0.2) is 42.5 Å². The van der Waals surface area contributed by atoms with Crippen molar-refractivity contribution < 1.29 is 9.53 Å². The second-order valence-electron chi connectivity index (χ2n) is 8.82. The number of unbranched alkanes of at least 4 members (excludes halogenated alkanes) is 2. The maximum absolute atomic E-state index is 11.7. The Morgan fingerprint density at radius 1 is 1.03 bits per heavy atom. The third-order valence-corrected chi connectivity index (χ3v) is 5.97. The first kappa shape index (κ1) is 23.8. The fourth-order valence-corrected chi connectivity index (χ4v) is 3.85. The zero-order valence-electron chi connectivity index (χ0n) is 20.0. The predicted octanol–water partition coefficient (Wildman–Crippen LogP) is 5.61. The minimum absolute atomic E-state index is 0.0497. The van der Waals surface area contributed by atoms with Gasteiger partial charge < -0.3 is 14.6 Å². The summed E-state index contributed by atoms with van der Waals surface area (Å²) in [5.74, 6) is 2.30. The molecule has 0 aliphatic heterocycles. The van der Waals surface area contributed by atoms with Crippen molar-refractivity contribution in [2.45, 2.75) is 66.3 Å². The molecule has 1 N–H and O–H groups in total. The van der Waals surface area contributed by atoms with E-state index in [1.807, 2.05) is 32.0 Å². The lowest BCUT2D eigenvalue weighted by atomic mass is 10.1. The van der Waals surface area contributed by atoms with Gasteiger partial charge in [0.2, 0.25) is 5.91 Å². The Labute approximate surface area is 192 Å². The molecule has 0 aliphatic carbocycles. The van der Waals surface area contributed by atoms with E-state index >= 15 is 0 Å². The molecule has 1 heterocycles. The Bertz CT molecular complexity index is 1020. The van der Waals surface area contributed by atoms with Crippen molar-refractivity contribution in [3.8, 4) is 5.75 Å². The second-order valence-corrected chi connectivity index (χ2v) is 8.82. The Kier molecular flexibility index (Phi) is 8.72. The number of hydrogen-bond donors (Lipinski definition) is 1. The summed E-state index contributed by atoms with van der Waals surface area (Å²) in [7, 11) is 0. The number of benzene rings is 2. The number of para-hydroxylation sites is 2. The Balaban J connectivity index is 1.52. The fourth-order valence-electron chi connectivity index (χ4n) is 3.85. The molecule has 3 rings (SSSR count). The lowest BCUT2D eigenvalue weighted by molar-refractivity contribution is -0.123. The van der Waals surface area contributed by atoms with E-state index in [4.69, 9.17) is 9.72 Å². The highest BCUT2D eigenvalue weighted by atomic mass is 16.5. The summed E-state index contributed by atoms with van der Waals surface area (Å²) in [5.41, 5.74) is 4.72. The molecular weight excluding hydrogens is 398 g/mol. The maximum atomic E-state index is 11.7. The molecule has 0 saturated heterocycles. The molecule has 3 aromatic rings. The van der Waals surface area contributed by atoms with Gasteiger partial charge in [-0.15, -0.1) is 0 Å². The predicted molar refractivity (Wildman–Crippen MR) is 131 cm³/mol. The second kappa shape index (κ2) is 11.7. The zero-order chi connectivity index (χ0) is 22.9. The molecule has 0 unspecified atom stereocenters. The molecule has 1 aromatic heterocycles. The smallest absolute Gasteiger partial charge is 0.222 e. The van der Waals surface area contributed by atoms with Crippen molar-refractivity contribution in [1.29, 1.82) is 0 Å². The van der Waals surface area contributed by atoms with Gasteiger partial charge in [-0.3, -0.25) is 4.79 Å². The lowest BCUT2D eigenvalue weighted by Gasteiger charge is -2.13. The topological polar surface area (TPSA) is 56.1 Å². The van der Waals surface area contributed by atoms with Gasteiger partial charge in [0.15, 0.2) is 0 Å². The van der Waals surface area contributed by atoms with E-state index in [-0.39, 0.29) is 11.8 Å². The summed E-state index contributed by atoms with van der Waals surface area (Å²) >= 11 is 0. The molecule has 0 fully saturated rings. The van der Waals surface area contributed by atoms with E-state index in [0.29, 0.717) is 6.61 Å². The molecule has 32 heavy (non-hydrogen) atoms. The van der Waals surface area contributed by atoms with E-state index in [9.17, 15) is 4.79 Å². The third-order valence-electron chi connectivity index (χ3n) is 5.97. The highest BCUT2D eigenvalue weighted by Crippen LogP contribution is 2.22. The van der Waals surface area contributed by atoms with Crippen LogP contribution in [0.2, 0.25) is 0 Å². The largest absolute Gasteiger partial charge is 0.493 e. The summed E-state index contributed by atoms with van der Waals surface area (Å²) in [5, 5.41) is 3.00. The molecular formula is C27H37N3O2. The van der Waals surface area contributed by atoms with Gasteiger partial charge in [-0.1, -0.05) is 44.5 Å². The Morgan fingerprint density at radius 3 is 2.66 bits per heavy atom. The van der Waals surface area contributed by atoms with Crippen LogP contribution in [0, 0.1) is 19.8 Å². The number of rotatable bonds is 12. The first-order chi connectivity index (χ1) is 15.5. The normalized spacial score (nSPS) is 11.3. The maximum Gasteiger partial charge on any atom is 0.222 e. The van der Waals surface area contributed by atoms with Crippen LogP contribution in [-0.4, -0.2) is 28.6 Å². The van der Waals surface area contributed by atoms with Gasteiger partial charge in [0.25, 0.3) is 0 Å². The molecule has 5 heteroatoms. The van der Waals surface area contributed by atoms with Gasteiger partial charge in [0.05, 0.1) is 17.6 Å². The van der Waals surface area contributed by atoms with Crippen LogP contribution in [0.1, 0.15) is 56.5 Å². The van der Waals surface area contributed by atoms with Crippen LogP contribution in [-0.2, 0) is 17.8 Å². The molecule has 172 valence electrons. The monoisotopic (exact) mass is 435 g/mol. The number of aromatic nitrogens is 2. The average Bonchev–Trinajstić information content (AvgIpc) is 3.13. The first-order valence-electron chi connectivity index (χ1n) is 11.9. The van der Waals surface area contributed by atoms with Crippen molar-refractivity contribution >= 4 is 16.9 Å². The van der Waals surface area contributed by atoms with Gasteiger partial charge in [-0.25, -0.2) is 4.98 Å². The number of hydrogen-bond acceptors (Lipinski definition) is 3. The van der Waals surface area contributed by atoms with Crippen molar-refractivity contribution in [1.82, 2.24) is 14.9 Å². The first-order valence-corrected chi connectivity index (χ1v) is 11.9. The minimum Gasteiger partial charge on any atom is -0.493 e. The van der Waals surface area contributed by atoms with Crippen molar-refractivity contribution in [3.63, 3.8) is 0 Å². The van der Waals surface area contributed by atoms with Crippen LogP contribution in [0.5, 0.6) is 5.75 Å². The number of carbonyl (C=O) groups is 1.